The van der Waals surface area contributed by atoms with Gasteiger partial charge in [-0.2, -0.15) is 0 Å². The first-order valence-electron chi connectivity index (χ1n) is 8.23. The normalized spacial score (nSPS) is 14.7. The van der Waals surface area contributed by atoms with Gasteiger partial charge < -0.3 is 4.98 Å². The molecular weight excluding hydrogens is 336 g/mol. The van der Waals surface area contributed by atoms with E-state index in [0.29, 0.717) is 5.56 Å². The number of para-hydroxylation sites is 1. The van der Waals surface area contributed by atoms with Crippen LogP contribution in [-0.4, -0.2) is 19.2 Å². The third-order valence-electron chi connectivity index (χ3n) is 4.52. The van der Waals surface area contributed by atoms with Crippen molar-refractivity contribution >= 4 is 26.7 Å². The van der Waals surface area contributed by atoms with E-state index < -0.39 is 10.0 Å². The Balaban J connectivity index is 1.50. The number of carbonyl (C=O) groups is 1. The Labute approximate surface area is 146 Å². The Morgan fingerprint density at radius 2 is 1.80 bits per heavy atom. The quantitative estimate of drug-likeness (QED) is 0.667. The molecule has 1 aliphatic carbocycles. The van der Waals surface area contributed by atoms with E-state index in [0.717, 1.165) is 29.3 Å². The second kappa shape index (κ2) is 6.13. The predicted molar refractivity (Wildman–Crippen MR) is 95.8 cm³/mol. The van der Waals surface area contributed by atoms with Gasteiger partial charge in [-0.3, -0.25) is 4.79 Å². The maximum atomic E-state index is 12.5. The topological polar surface area (TPSA) is 79.0 Å². The number of benzene rings is 2. The smallest absolute Gasteiger partial charge is 0.240 e. The first-order chi connectivity index (χ1) is 12.0. The Kier molecular flexibility index (Phi) is 3.94. The lowest BCUT2D eigenvalue weighted by Crippen LogP contribution is -2.23. The minimum atomic E-state index is -3.63. The van der Waals surface area contributed by atoms with Crippen LogP contribution in [0.25, 0.3) is 10.9 Å². The summed E-state index contributed by atoms with van der Waals surface area (Å²) in [5.74, 6) is 0.234. The van der Waals surface area contributed by atoms with Crippen molar-refractivity contribution in [2.75, 3.05) is 0 Å². The zero-order chi connectivity index (χ0) is 17.4. The van der Waals surface area contributed by atoms with Crippen LogP contribution in [0.2, 0.25) is 0 Å². The van der Waals surface area contributed by atoms with E-state index in [9.17, 15) is 13.2 Å². The molecule has 0 saturated heterocycles. The van der Waals surface area contributed by atoms with Gasteiger partial charge >= 0.3 is 0 Å². The van der Waals surface area contributed by atoms with Gasteiger partial charge in [0.2, 0.25) is 10.0 Å². The van der Waals surface area contributed by atoms with Crippen molar-refractivity contribution in [3.05, 3.63) is 65.9 Å². The average Bonchev–Trinajstić information content (AvgIpc) is 3.40. The zero-order valence-electron chi connectivity index (χ0n) is 13.5. The summed E-state index contributed by atoms with van der Waals surface area (Å²) in [6.45, 7) is 0.203. The summed E-state index contributed by atoms with van der Waals surface area (Å²) >= 11 is 0. The Hall–Kier alpha value is -2.44. The molecule has 0 atom stereocenters. The molecule has 4 rings (SSSR count). The molecule has 2 aromatic carbocycles. The van der Waals surface area contributed by atoms with Crippen LogP contribution in [0.4, 0.5) is 0 Å². The molecule has 0 spiro atoms. The lowest BCUT2D eigenvalue weighted by molar-refractivity contribution is 0.0967. The number of sulfonamides is 1. The van der Waals surface area contributed by atoms with Crippen LogP contribution < -0.4 is 4.72 Å². The number of rotatable bonds is 6. The maximum absolute atomic E-state index is 12.5. The van der Waals surface area contributed by atoms with E-state index >= 15 is 0 Å². The number of aromatic amines is 1. The van der Waals surface area contributed by atoms with Crippen molar-refractivity contribution in [2.24, 2.45) is 5.92 Å². The van der Waals surface area contributed by atoms with E-state index in [-0.39, 0.29) is 23.1 Å². The van der Waals surface area contributed by atoms with Crippen LogP contribution >= 0.6 is 0 Å². The lowest BCUT2D eigenvalue weighted by atomic mass is 10.1. The molecule has 1 aromatic heterocycles. The number of Topliss-reactive ketones (excluding diaryl/α,β-unsaturated/α-hetero) is 1. The van der Waals surface area contributed by atoms with Gasteiger partial charge in [-0.25, -0.2) is 13.1 Å². The van der Waals surface area contributed by atoms with Crippen LogP contribution in [0.1, 0.15) is 28.8 Å². The largest absolute Gasteiger partial charge is 0.361 e. The standard InChI is InChI=1S/C19H18N2O3S/c22-19(13-5-6-13)14-7-9-16(10-8-14)25(23,24)21-12-15-11-20-18-4-2-1-3-17(15)18/h1-4,7-11,13,20-21H,5-6,12H2. The average molecular weight is 354 g/mol. The monoisotopic (exact) mass is 354 g/mol. The van der Waals surface area contributed by atoms with Gasteiger partial charge in [-0.15, -0.1) is 0 Å². The third kappa shape index (κ3) is 3.23. The number of ketones is 1. The highest BCUT2D eigenvalue weighted by molar-refractivity contribution is 7.89. The highest BCUT2D eigenvalue weighted by Crippen LogP contribution is 2.32. The minimum Gasteiger partial charge on any atom is -0.361 e. The maximum Gasteiger partial charge on any atom is 0.240 e. The number of fused-ring (bicyclic) bond motifs is 1. The molecule has 0 unspecified atom stereocenters. The Morgan fingerprint density at radius 1 is 1.08 bits per heavy atom. The Morgan fingerprint density at radius 3 is 2.52 bits per heavy atom. The first-order valence-corrected chi connectivity index (χ1v) is 9.72. The molecule has 5 nitrogen and oxygen atoms in total. The molecule has 3 aromatic rings. The molecular formula is C19H18N2O3S. The fourth-order valence-corrected chi connectivity index (χ4v) is 3.92. The molecule has 0 aliphatic heterocycles. The number of H-pyrrole nitrogens is 1. The molecule has 6 heteroatoms. The number of nitrogens with one attached hydrogen (secondary N) is 2. The fourth-order valence-electron chi connectivity index (χ4n) is 2.91. The van der Waals surface area contributed by atoms with Crippen molar-refractivity contribution in [3.8, 4) is 0 Å². The third-order valence-corrected chi connectivity index (χ3v) is 5.94. The molecule has 0 bridgehead atoms. The molecule has 2 N–H and O–H groups in total. The molecule has 1 saturated carbocycles. The van der Waals surface area contributed by atoms with Crippen molar-refractivity contribution in [3.63, 3.8) is 0 Å². The molecule has 1 aliphatic rings. The van der Waals surface area contributed by atoms with E-state index in [2.05, 4.69) is 9.71 Å². The van der Waals surface area contributed by atoms with Gasteiger partial charge in [0.15, 0.2) is 5.78 Å². The summed E-state index contributed by atoms with van der Waals surface area (Å²) < 4.78 is 27.6. The minimum absolute atomic E-state index is 0.107. The first kappa shape index (κ1) is 16.1. The van der Waals surface area contributed by atoms with Crippen LogP contribution in [0.15, 0.2) is 59.6 Å². The molecule has 1 heterocycles. The van der Waals surface area contributed by atoms with Crippen LogP contribution in [-0.2, 0) is 16.6 Å². The second-order valence-electron chi connectivity index (χ2n) is 6.35. The number of carbonyl (C=O) groups excluding carboxylic acids is 1. The molecule has 1 fully saturated rings. The zero-order valence-corrected chi connectivity index (χ0v) is 14.3. The van der Waals surface area contributed by atoms with Gasteiger partial charge in [-0.1, -0.05) is 30.3 Å². The van der Waals surface area contributed by atoms with Gasteiger partial charge in [0.1, 0.15) is 0 Å². The summed E-state index contributed by atoms with van der Waals surface area (Å²) in [5, 5.41) is 0.996. The number of aromatic nitrogens is 1. The van der Waals surface area contributed by atoms with Gasteiger partial charge in [-0.05, 0) is 36.6 Å². The molecule has 0 radical (unpaired) electrons. The summed E-state index contributed by atoms with van der Waals surface area (Å²) in [7, 11) is -3.63. The number of hydrogen-bond acceptors (Lipinski definition) is 3. The second-order valence-corrected chi connectivity index (χ2v) is 8.11. The summed E-state index contributed by atoms with van der Waals surface area (Å²) in [4.78, 5) is 15.3. The molecule has 128 valence electrons. The van der Waals surface area contributed by atoms with E-state index in [1.165, 1.54) is 12.1 Å². The summed E-state index contributed by atoms with van der Waals surface area (Å²) in [5.41, 5.74) is 2.44. The fraction of sp³-hybridized carbons (Fsp3) is 0.211. The van der Waals surface area contributed by atoms with Crippen molar-refractivity contribution in [1.29, 1.82) is 0 Å². The van der Waals surface area contributed by atoms with E-state index in [1.807, 2.05) is 30.5 Å². The van der Waals surface area contributed by atoms with Crippen molar-refractivity contribution in [1.82, 2.24) is 9.71 Å². The lowest BCUT2D eigenvalue weighted by Gasteiger charge is -2.07. The van der Waals surface area contributed by atoms with Crippen LogP contribution in [0, 0.1) is 5.92 Å². The van der Waals surface area contributed by atoms with Gasteiger partial charge in [0, 0.05) is 35.1 Å². The Bertz CT molecular complexity index is 1030. The highest BCUT2D eigenvalue weighted by atomic mass is 32.2. The van der Waals surface area contributed by atoms with Crippen LogP contribution in [0.5, 0.6) is 0 Å². The van der Waals surface area contributed by atoms with Crippen LogP contribution in [0.3, 0.4) is 0 Å². The summed E-state index contributed by atoms with van der Waals surface area (Å²) in [6.07, 6.45) is 3.68. The van der Waals surface area contributed by atoms with E-state index in [4.69, 9.17) is 0 Å². The van der Waals surface area contributed by atoms with E-state index in [1.54, 1.807) is 12.1 Å². The van der Waals surface area contributed by atoms with Crippen molar-refractivity contribution in [2.45, 2.75) is 24.3 Å². The van der Waals surface area contributed by atoms with Gasteiger partial charge in [0.25, 0.3) is 0 Å². The predicted octanol–water partition coefficient (Wildman–Crippen LogP) is 3.24. The molecule has 0 amide bonds. The number of hydrogen-bond donors (Lipinski definition) is 2. The summed E-state index contributed by atoms with van der Waals surface area (Å²) in [6, 6.07) is 13.9. The molecule has 25 heavy (non-hydrogen) atoms. The SMILES string of the molecule is O=C(c1ccc(S(=O)(=O)NCc2c[nH]c3ccccc23)cc1)C1CC1. The highest BCUT2D eigenvalue weighted by Gasteiger charge is 2.30. The van der Waals surface area contributed by atoms with Crippen molar-refractivity contribution < 1.29 is 13.2 Å². The van der Waals surface area contributed by atoms with Gasteiger partial charge in [0.05, 0.1) is 4.90 Å².